The first-order valence-corrected chi connectivity index (χ1v) is 7.00. The summed E-state index contributed by atoms with van der Waals surface area (Å²) in [6.45, 7) is 9.97. The number of carbonyl (C=O) groups is 1. The highest BCUT2D eigenvalue weighted by molar-refractivity contribution is 5.81. The van der Waals surface area contributed by atoms with Gasteiger partial charge in [0.25, 0.3) is 0 Å². The van der Waals surface area contributed by atoms with Crippen LogP contribution in [0.5, 0.6) is 0 Å². The Bertz CT molecular complexity index is 211. The van der Waals surface area contributed by atoms with E-state index in [9.17, 15) is 4.79 Å². The van der Waals surface area contributed by atoms with Crippen LogP contribution < -0.4 is 0 Å². The van der Waals surface area contributed by atoms with Crippen LogP contribution in [-0.2, 0) is 9.53 Å². The maximum atomic E-state index is 11.1. The summed E-state index contributed by atoms with van der Waals surface area (Å²) in [4.78, 5) is 11.1. The molecule has 0 spiro atoms. The predicted octanol–water partition coefficient (Wildman–Crippen LogP) is 4.49. The van der Waals surface area contributed by atoms with Crippen molar-refractivity contribution in [1.82, 2.24) is 0 Å². The molecule has 0 aliphatic rings. The molecule has 17 heavy (non-hydrogen) atoms. The van der Waals surface area contributed by atoms with Gasteiger partial charge >= 0.3 is 5.97 Å². The first-order chi connectivity index (χ1) is 8.17. The molecule has 0 saturated heterocycles. The third-order valence-corrected chi connectivity index (χ3v) is 3.34. The fourth-order valence-electron chi connectivity index (χ4n) is 2.03. The van der Waals surface area contributed by atoms with E-state index in [1.165, 1.54) is 38.2 Å². The zero-order valence-electron chi connectivity index (χ0n) is 11.7. The lowest BCUT2D eigenvalue weighted by atomic mass is 9.92. The molecule has 0 radical (unpaired) electrons. The third-order valence-electron chi connectivity index (χ3n) is 3.34. The number of carbonyl (C=O) groups excluding carboxylic acids is 1. The average Bonchev–Trinajstić information content (AvgIpc) is 2.37. The highest BCUT2D eigenvalue weighted by atomic mass is 16.5. The van der Waals surface area contributed by atoms with Crippen molar-refractivity contribution < 1.29 is 9.53 Å². The molecule has 100 valence electrons. The van der Waals surface area contributed by atoms with Gasteiger partial charge in [-0.05, 0) is 25.2 Å². The molecule has 0 aliphatic heterocycles. The van der Waals surface area contributed by atoms with Crippen molar-refractivity contribution in [3.05, 3.63) is 12.7 Å². The highest BCUT2D eigenvalue weighted by Gasteiger charge is 2.13. The Morgan fingerprint density at radius 1 is 1.18 bits per heavy atom. The molecular formula is C15H28O2. The van der Waals surface area contributed by atoms with Gasteiger partial charge in [-0.3, -0.25) is 0 Å². The van der Waals surface area contributed by atoms with Crippen molar-refractivity contribution >= 4 is 5.97 Å². The Morgan fingerprint density at radius 3 is 2.35 bits per heavy atom. The van der Waals surface area contributed by atoms with Crippen LogP contribution in [0.25, 0.3) is 0 Å². The van der Waals surface area contributed by atoms with E-state index in [2.05, 4.69) is 27.4 Å². The van der Waals surface area contributed by atoms with E-state index in [1.54, 1.807) is 0 Å². The second-order valence-electron chi connectivity index (χ2n) is 4.67. The van der Waals surface area contributed by atoms with Gasteiger partial charge in [-0.25, -0.2) is 4.79 Å². The molecule has 0 saturated carbocycles. The molecule has 2 heteroatoms. The second kappa shape index (κ2) is 10.4. The largest absolute Gasteiger partial charge is 0.459 e. The molecule has 0 aromatic carbocycles. The average molecular weight is 240 g/mol. The predicted molar refractivity (Wildman–Crippen MR) is 72.9 cm³/mol. The summed E-state index contributed by atoms with van der Waals surface area (Å²) in [7, 11) is 0. The lowest BCUT2D eigenvalue weighted by molar-refractivity contribution is -0.143. The Labute approximate surface area is 106 Å². The topological polar surface area (TPSA) is 26.3 Å². The van der Waals surface area contributed by atoms with E-state index in [-0.39, 0.29) is 12.1 Å². The Kier molecular flexibility index (Phi) is 9.89. The number of esters is 1. The minimum absolute atomic E-state index is 0.0659. The van der Waals surface area contributed by atoms with E-state index in [0.29, 0.717) is 0 Å². The van der Waals surface area contributed by atoms with Gasteiger partial charge in [0.15, 0.2) is 0 Å². The van der Waals surface area contributed by atoms with Crippen molar-refractivity contribution in [2.24, 2.45) is 5.92 Å². The van der Waals surface area contributed by atoms with Gasteiger partial charge in [-0.2, -0.15) is 0 Å². The molecule has 0 aliphatic carbocycles. The molecule has 0 aromatic heterocycles. The summed E-state index contributed by atoms with van der Waals surface area (Å²) < 4.78 is 5.29. The minimum atomic E-state index is -0.293. The van der Waals surface area contributed by atoms with Crippen molar-refractivity contribution in [1.29, 1.82) is 0 Å². The van der Waals surface area contributed by atoms with E-state index < -0.39 is 0 Å². The van der Waals surface area contributed by atoms with Crippen LogP contribution >= 0.6 is 0 Å². The maximum Gasteiger partial charge on any atom is 0.330 e. The molecule has 0 heterocycles. The van der Waals surface area contributed by atoms with Gasteiger partial charge in [0.1, 0.15) is 6.10 Å². The first-order valence-electron chi connectivity index (χ1n) is 7.00. The smallest absolute Gasteiger partial charge is 0.330 e. The highest BCUT2D eigenvalue weighted by Crippen LogP contribution is 2.21. The maximum absolute atomic E-state index is 11.1. The van der Waals surface area contributed by atoms with Crippen molar-refractivity contribution in [3.8, 4) is 0 Å². The summed E-state index contributed by atoms with van der Waals surface area (Å²) in [5.41, 5.74) is 0. The summed E-state index contributed by atoms with van der Waals surface area (Å²) in [5, 5.41) is 0. The quantitative estimate of drug-likeness (QED) is 0.415. The summed E-state index contributed by atoms with van der Waals surface area (Å²) in [5.74, 6) is 0.491. The standard InChI is InChI=1S/C15H28O2/c1-5-9-10-13(6-2)11-12-14(7-3)17-15(16)8-4/h8,13-14H,4-7,9-12H2,1-3H3. The number of ether oxygens (including phenoxy) is 1. The molecule has 2 atom stereocenters. The van der Waals surface area contributed by atoms with Crippen LogP contribution in [0.15, 0.2) is 12.7 Å². The summed E-state index contributed by atoms with van der Waals surface area (Å²) >= 11 is 0. The molecule has 0 fully saturated rings. The molecule has 0 rings (SSSR count). The van der Waals surface area contributed by atoms with Gasteiger partial charge in [0, 0.05) is 6.08 Å². The minimum Gasteiger partial charge on any atom is -0.459 e. The van der Waals surface area contributed by atoms with Gasteiger partial charge in [0.2, 0.25) is 0 Å². The number of hydrogen-bond acceptors (Lipinski definition) is 2. The van der Waals surface area contributed by atoms with Crippen LogP contribution in [0.2, 0.25) is 0 Å². The number of unbranched alkanes of at least 4 members (excludes halogenated alkanes) is 1. The van der Waals surface area contributed by atoms with E-state index in [4.69, 9.17) is 4.74 Å². The van der Waals surface area contributed by atoms with Gasteiger partial charge in [-0.1, -0.05) is 53.0 Å². The van der Waals surface area contributed by atoms with Crippen LogP contribution in [-0.4, -0.2) is 12.1 Å². The number of rotatable bonds is 10. The van der Waals surface area contributed by atoms with Gasteiger partial charge in [-0.15, -0.1) is 0 Å². The Morgan fingerprint density at radius 2 is 1.88 bits per heavy atom. The lowest BCUT2D eigenvalue weighted by Crippen LogP contribution is -2.17. The fourth-order valence-corrected chi connectivity index (χ4v) is 2.03. The normalized spacial score (nSPS) is 14.1. The molecule has 2 nitrogen and oxygen atoms in total. The Hall–Kier alpha value is -0.790. The van der Waals surface area contributed by atoms with E-state index >= 15 is 0 Å². The zero-order valence-corrected chi connectivity index (χ0v) is 11.7. The van der Waals surface area contributed by atoms with Gasteiger partial charge in [0.05, 0.1) is 0 Å². The van der Waals surface area contributed by atoms with Crippen LogP contribution in [0.4, 0.5) is 0 Å². The zero-order chi connectivity index (χ0) is 13.1. The van der Waals surface area contributed by atoms with Crippen LogP contribution in [0.1, 0.15) is 65.7 Å². The van der Waals surface area contributed by atoms with Crippen LogP contribution in [0.3, 0.4) is 0 Å². The molecular weight excluding hydrogens is 212 g/mol. The monoisotopic (exact) mass is 240 g/mol. The molecule has 0 aromatic rings. The van der Waals surface area contributed by atoms with Crippen LogP contribution in [0, 0.1) is 5.92 Å². The number of hydrogen-bond donors (Lipinski definition) is 0. The van der Waals surface area contributed by atoms with Crippen molar-refractivity contribution in [3.63, 3.8) is 0 Å². The third kappa shape index (κ3) is 8.00. The Balaban J connectivity index is 3.93. The van der Waals surface area contributed by atoms with Gasteiger partial charge < -0.3 is 4.74 Å². The fraction of sp³-hybridized carbons (Fsp3) is 0.800. The SMILES string of the molecule is C=CC(=O)OC(CC)CCC(CC)CCCC. The molecule has 0 bridgehead atoms. The molecule has 2 unspecified atom stereocenters. The molecule has 0 N–H and O–H groups in total. The van der Waals surface area contributed by atoms with Crippen molar-refractivity contribution in [2.75, 3.05) is 0 Å². The first kappa shape index (κ1) is 16.2. The van der Waals surface area contributed by atoms with E-state index in [0.717, 1.165) is 18.8 Å². The lowest BCUT2D eigenvalue weighted by Gasteiger charge is -2.19. The van der Waals surface area contributed by atoms with Crippen molar-refractivity contribution in [2.45, 2.75) is 71.8 Å². The molecule has 0 amide bonds. The second-order valence-corrected chi connectivity index (χ2v) is 4.67. The summed E-state index contributed by atoms with van der Waals surface area (Å²) in [6.07, 6.45) is 9.46. The van der Waals surface area contributed by atoms with E-state index in [1.807, 2.05) is 0 Å². The summed E-state index contributed by atoms with van der Waals surface area (Å²) in [6, 6.07) is 0.